The summed E-state index contributed by atoms with van der Waals surface area (Å²) in [6, 6.07) is 10.2. The second kappa shape index (κ2) is 6.40. The van der Waals surface area contributed by atoms with Gasteiger partial charge in [-0.1, -0.05) is 30.3 Å². The molecule has 1 aromatic carbocycles. The van der Waals surface area contributed by atoms with E-state index in [9.17, 15) is 4.79 Å². The summed E-state index contributed by atoms with van der Waals surface area (Å²) < 4.78 is 4.88. The first-order valence-corrected chi connectivity index (χ1v) is 6.02. The first kappa shape index (κ1) is 13.7. The third-order valence-corrected chi connectivity index (χ3v) is 2.70. The smallest absolute Gasteiger partial charge is 0.307 e. The molecule has 94 valence electrons. The van der Waals surface area contributed by atoms with Crippen molar-refractivity contribution in [2.24, 2.45) is 0 Å². The lowest BCUT2D eigenvalue weighted by Crippen LogP contribution is -2.37. The molecule has 0 aromatic heterocycles. The van der Waals surface area contributed by atoms with Crippen molar-refractivity contribution in [1.29, 1.82) is 0 Å². The van der Waals surface area contributed by atoms with E-state index in [4.69, 9.17) is 4.74 Å². The fourth-order valence-corrected chi connectivity index (χ4v) is 1.67. The van der Waals surface area contributed by atoms with E-state index < -0.39 is 0 Å². The van der Waals surface area contributed by atoms with Gasteiger partial charge in [-0.2, -0.15) is 0 Å². The monoisotopic (exact) mass is 235 g/mol. The van der Waals surface area contributed by atoms with Crippen LogP contribution in [0.2, 0.25) is 0 Å². The fraction of sp³-hybridized carbons (Fsp3) is 0.500. The molecule has 0 spiro atoms. The van der Waals surface area contributed by atoms with Crippen LogP contribution in [-0.2, 0) is 15.1 Å². The van der Waals surface area contributed by atoms with Gasteiger partial charge in [-0.05, 0) is 26.3 Å². The maximum Gasteiger partial charge on any atom is 0.307 e. The number of esters is 1. The number of rotatable bonds is 6. The van der Waals surface area contributed by atoms with Crippen LogP contribution in [0.5, 0.6) is 0 Å². The summed E-state index contributed by atoms with van der Waals surface area (Å²) in [6.07, 6.45) is 0.407. The van der Waals surface area contributed by atoms with Crippen molar-refractivity contribution in [3.8, 4) is 0 Å². The van der Waals surface area contributed by atoms with E-state index in [2.05, 4.69) is 31.3 Å². The SMILES string of the molecule is CCOC(=O)CCNC(C)(C)c1ccccc1. The Kier molecular flexibility index (Phi) is 5.16. The molecule has 0 heterocycles. The number of hydrogen-bond donors (Lipinski definition) is 1. The summed E-state index contributed by atoms with van der Waals surface area (Å²) in [5, 5.41) is 3.36. The van der Waals surface area contributed by atoms with E-state index in [0.29, 0.717) is 19.6 Å². The zero-order chi connectivity index (χ0) is 12.7. The molecule has 3 heteroatoms. The lowest BCUT2D eigenvalue weighted by Gasteiger charge is -2.26. The molecule has 0 unspecified atom stereocenters. The van der Waals surface area contributed by atoms with Crippen molar-refractivity contribution >= 4 is 5.97 Å². The third kappa shape index (κ3) is 4.57. The lowest BCUT2D eigenvalue weighted by atomic mass is 9.94. The van der Waals surface area contributed by atoms with E-state index in [0.717, 1.165) is 0 Å². The zero-order valence-corrected chi connectivity index (χ0v) is 10.8. The number of benzene rings is 1. The summed E-state index contributed by atoms with van der Waals surface area (Å²) in [4.78, 5) is 11.2. The molecule has 0 saturated heterocycles. The van der Waals surface area contributed by atoms with Gasteiger partial charge in [0.05, 0.1) is 13.0 Å². The second-order valence-electron chi connectivity index (χ2n) is 4.47. The number of hydrogen-bond acceptors (Lipinski definition) is 3. The van der Waals surface area contributed by atoms with Crippen molar-refractivity contribution in [3.05, 3.63) is 35.9 Å². The van der Waals surface area contributed by atoms with Gasteiger partial charge in [0.1, 0.15) is 0 Å². The van der Waals surface area contributed by atoms with Crippen LogP contribution in [0.15, 0.2) is 30.3 Å². The van der Waals surface area contributed by atoms with Gasteiger partial charge in [0, 0.05) is 12.1 Å². The van der Waals surface area contributed by atoms with Crippen LogP contribution in [0.3, 0.4) is 0 Å². The fourth-order valence-electron chi connectivity index (χ4n) is 1.67. The number of ether oxygens (including phenoxy) is 1. The molecule has 3 nitrogen and oxygen atoms in total. The molecule has 0 fully saturated rings. The molecule has 0 saturated carbocycles. The molecular weight excluding hydrogens is 214 g/mol. The van der Waals surface area contributed by atoms with Crippen molar-refractivity contribution in [3.63, 3.8) is 0 Å². The van der Waals surface area contributed by atoms with Gasteiger partial charge in [0.15, 0.2) is 0 Å². The van der Waals surface area contributed by atoms with E-state index >= 15 is 0 Å². The van der Waals surface area contributed by atoms with Crippen molar-refractivity contribution < 1.29 is 9.53 Å². The minimum Gasteiger partial charge on any atom is -0.466 e. The molecule has 17 heavy (non-hydrogen) atoms. The molecule has 0 bridgehead atoms. The molecule has 0 amide bonds. The zero-order valence-electron chi connectivity index (χ0n) is 10.8. The summed E-state index contributed by atoms with van der Waals surface area (Å²) in [5.74, 6) is -0.149. The average molecular weight is 235 g/mol. The molecule has 0 aliphatic heterocycles. The van der Waals surface area contributed by atoms with Crippen LogP contribution < -0.4 is 5.32 Å². The molecule has 1 aromatic rings. The normalized spacial score (nSPS) is 11.2. The second-order valence-corrected chi connectivity index (χ2v) is 4.47. The van der Waals surface area contributed by atoms with E-state index in [1.807, 2.05) is 25.1 Å². The van der Waals surface area contributed by atoms with Crippen LogP contribution in [0.1, 0.15) is 32.8 Å². The van der Waals surface area contributed by atoms with Crippen molar-refractivity contribution in [2.45, 2.75) is 32.7 Å². The molecule has 0 atom stereocenters. The topological polar surface area (TPSA) is 38.3 Å². The largest absolute Gasteiger partial charge is 0.466 e. The minimum absolute atomic E-state index is 0.131. The summed E-state index contributed by atoms with van der Waals surface area (Å²) >= 11 is 0. The van der Waals surface area contributed by atoms with E-state index in [1.54, 1.807) is 0 Å². The van der Waals surface area contributed by atoms with Gasteiger partial charge in [0.2, 0.25) is 0 Å². The predicted molar refractivity (Wildman–Crippen MR) is 68.7 cm³/mol. The molecule has 0 aliphatic carbocycles. The van der Waals surface area contributed by atoms with Crippen molar-refractivity contribution in [1.82, 2.24) is 5.32 Å². The lowest BCUT2D eigenvalue weighted by molar-refractivity contribution is -0.143. The van der Waals surface area contributed by atoms with E-state index in [1.165, 1.54) is 5.56 Å². The van der Waals surface area contributed by atoms with Crippen molar-refractivity contribution in [2.75, 3.05) is 13.2 Å². The van der Waals surface area contributed by atoms with Gasteiger partial charge in [0.25, 0.3) is 0 Å². The predicted octanol–water partition coefficient (Wildman–Crippen LogP) is 2.46. The Morgan fingerprint density at radius 1 is 1.29 bits per heavy atom. The highest BCUT2D eigenvalue weighted by molar-refractivity contribution is 5.69. The highest BCUT2D eigenvalue weighted by Crippen LogP contribution is 2.18. The van der Waals surface area contributed by atoms with Crippen LogP contribution in [-0.4, -0.2) is 19.1 Å². The Hall–Kier alpha value is -1.35. The van der Waals surface area contributed by atoms with Gasteiger partial charge in [-0.15, -0.1) is 0 Å². The Morgan fingerprint density at radius 2 is 1.94 bits per heavy atom. The highest BCUT2D eigenvalue weighted by Gasteiger charge is 2.19. The Balaban J connectivity index is 2.43. The Morgan fingerprint density at radius 3 is 2.53 bits per heavy atom. The van der Waals surface area contributed by atoms with Gasteiger partial charge >= 0.3 is 5.97 Å². The molecule has 1 N–H and O–H groups in total. The Bertz CT molecular complexity index is 346. The molecule has 1 rings (SSSR count). The number of nitrogens with one attached hydrogen (secondary N) is 1. The first-order chi connectivity index (χ1) is 8.06. The standard InChI is InChI=1S/C14H21NO2/c1-4-17-13(16)10-11-15-14(2,3)12-8-6-5-7-9-12/h5-9,15H,4,10-11H2,1-3H3. The van der Waals surface area contributed by atoms with Crippen LogP contribution in [0.25, 0.3) is 0 Å². The molecule has 0 radical (unpaired) electrons. The number of carbonyl (C=O) groups is 1. The molecule has 0 aliphatic rings. The van der Waals surface area contributed by atoms with Gasteiger partial charge in [-0.3, -0.25) is 4.79 Å². The Labute approximate surface area is 103 Å². The molecular formula is C14H21NO2. The maximum absolute atomic E-state index is 11.2. The highest BCUT2D eigenvalue weighted by atomic mass is 16.5. The summed E-state index contributed by atoms with van der Waals surface area (Å²) in [6.45, 7) is 7.10. The van der Waals surface area contributed by atoms with Gasteiger partial charge in [-0.25, -0.2) is 0 Å². The van der Waals surface area contributed by atoms with Gasteiger partial charge < -0.3 is 10.1 Å². The maximum atomic E-state index is 11.2. The first-order valence-electron chi connectivity index (χ1n) is 6.02. The van der Waals surface area contributed by atoms with Crippen LogP contribution in [0.4, 0.5) is 0 Å². The average Bonchev–Trinajstić information content (AvgIpc) is 2.30. The summed E-state index contributed by atoms with van der Waals surface area (Å²) in [7, 11) is 0. The summed E-state index contributed by atoms with van der Waals surface area (Å²) in [5.41, 5.74) is 1.08. The van der Waals surface area contributed by atoms with E-state index in [-0.39, 0.29) is 11.5 Å². The van der Waals surface area contributed by atoms with Crippen LogP contribution >= 0.6 is 0 Å². The number of carbonyl (C=O) groups excluding carboxylic acids is 1. The third-order valence-electron chi connectivity index (χ3n) is 2.70. The quantitative estimate of drug-likeness (QED) is 0.770. The minimum atomic E-state index is -0.149. The van der Waals surface area contributed by atoms with Crippen LogP contribution in [0, 0.1) is 0 Å².